The van der Waals surface area contributed by atoms with Crippen molar-refractivity contribution in [2.75, 3.05) is 0 Å². The van der Waals surface area contributed by atoms with E-state index in [0.717, 1.165) is 15.6 Å². The molecule has 0 bridgehead atoms. The fraction of sp³-hybridized carbons (Fsp3) is 0.238. The molecule has 2 aromatic carbocycles. The number of carbonyl (C=O) groups is 1. The Morgan fingerprint density at radius 1 is 1.11 bits per heavy atom. The summed E-state index contributed by atoms with van der Waals surface area (Å²) >= 11 is 3.39. The lowest BCUT2D eigenvalue weighted by Crippen LogP contribution is -2.34. The number of rotatable bonds is 5. The quantitative estimate of drug-likeness (QED) is 0.725. The van der Waals surface area contributed by atoms with E-state index in [1.807, 2.05) is 66.7 Å². The minimum Gasteiger partial charge on any atom is -0.272 e. The van der Waals surface area contributed by atoms with Gasteiger partial charge in [0.1, 0.15) is 5.92 Å². The van der Waals surface area contributed by atoms with E-state index in [4.69, 9.17) is 0 Å². The first-order valence-corrected chi connectivity index (χ1v) is 9.29. The van der Waals surface area contributed by atoms with Crippen LogP contribution in [0.2, 0.25) is 0 Å². The van der Waals surface area contributed by atoms with E-state index in [0.29, 0.717) is 12.3 Å². The normalized spacial score (nSPS) is 17.4. The summed E-state index contributed by atoms with van der Waals surface area (Å²) in [6.07, 6.45) is 0. The molecule has 0 spiro atoms. The second kappa shape index (κ2) is 8.16. The van der Waals surface area contributed by atoms with Crippen LogP contribution in [0.15, 0.2) is 64.2 Å². The van der Waals surface area contributed by atoms with Crippen LogP contribution in [0.3, 0.4) is 0 Å². The predicted octanol–water partition coefficient (Wildman–Crippen LogP) is 4.23. The van der Waals surface area contributed by atoms with E-state index < -0.39 is 17.8 Å². The van der Waals surface area contributed by atoms with Crippen LogP contribution in [-0.2, 0) is 11.3 Å². The van der Waals surface area contributed by atoms with Gasteiger partial charge in [-0.3, -0.25) is 4.79 Å². The Morgan fingerprint density at radius 2 is 1.74 bits per heavy atom. The van der Waals surface area contributed by atoms with Gasteiger partial charge in [0.05, 0.1) is 24.6 Å². The molecule has 1 aliphatic rings. The molecule has 0 aromatic heterocycles. The zero-order valence-electron chi connectivity index (χ0n) is 14.7. The Bertz CT molecular complexity index is 927. The van der Waals surface area contributed by atoms with Crippen LogP contribution >= 0.6 is 15.9 Å². The fourth-order valence-electron chi connectivity index (χ4n) is 3.38. The van der Waals surface area contributed by atoms with Gasteiger partial charge in [0.25, 0.3) is 5.91 Å². The second-order valence-electron chi connectivity index (χ2n) is 6.41. The van der Waals surface area contributed by atoms with Crippen molar-refractivity contribution in [3.8, 4) is 12.1 Å². The first-order chi connectivity index (χ1) is 13.0. The Hall–Kier alpha value is -2.96. The van der Waals surface area contributed by atoms with Gasteiger partial charge in [0.15, 0.2) is 0 Å². The van der Waals surface area contributed by atoms with E-state index in [9.17, 15) is 15.3 Å². The molecule has 0 aliphatic carbocycles. The summed E-state index contributed by atoms with van der Waals surface area (Å²) in [5, 5.41) is 24.9. The Kier molecular flexibility index (Phi) is 5.69. The maximum Gasteiger partial charge on any atom is 0.252 e. The molecule has 1 heterocycles. The average Bonchev–Trinajstić information content (AvgIpc) is 2.95. The van der Waals surface area contributed by atoms with Crippen LogP contribution < -0.4 is 0 Å². The maximum absolute atomic E-state index is 13.1. The smallest absolute Gasteiger partial charge is 0.252 e. The van der Waals surface area contributed by atoms with Gasteiger partial charge in [0.2, 0.25) is 0 Å². The SMILES string of the molecule is CC1=NN(Cc2ccccc2)C(=O)C1C(c1ccc(Br)cc1)C(C#N)C#N. The van der Waals surface area contributed by atoms with Crippen molar-refractivity contribution < 1.29 is 4.79 Å². The van der Waals surface area contributed by atoms with Crippen molar-refractivity contribution >= 4 is 27.5 Å². The minimum absolute atomic E-state index is 0.181. The maximum atomic E-state index is 13.1. The van der Waals surface area contributed by atoms with Gasteiger partial charge < -0.3 is 0 Å². The van der Waals surface area contributed by atoms with E-state index in [2.05, 4.69) is 21.0 Å². The molecule has 0 N–H and O–H groups in total. The molecule has 27 heavy (non-hydrogen) atoms. The van der Waals surface area contributed by atoms with Crippen LogP contribution in [-0.4, -0.2) is 16.6 Å². The molecule has 0 fully saturated rings. The molecular weight excluding hydrogens is 404 g/mol. The number of nitriles is 2. The topological polar surface area (TPSA) is 80.2 Å². The monoisotopic (exact) mass is 420 g/mol. The molecule has 0 radical (unpaired) electrons. The molecule has 3 rings (SSSR count). The summed E-state index contributed by atoms with van der Waals surface area (Å²) in [4.78, 5) is 13.1. The second-order valence-corrected chi connectivity index (χ2v) is 7.33. The standard InChI is InChI=1S/C21H17BrN4O/c1-14-19(21(27)26(25-14)13-15-5-3-2-4-6-15)20(17(11-23)12-24)16-7-9-18(22)10-8-16/h2-10,17,19-20H,13H2,1H3. The van der Waals surface area contributed by atoms with Crippen LogP contribution in [0.1, 0.15) is 24.0 Å². The number of nitrogens with zero attached hydrogens (tertiary/aromatic N) is 4. The first kappa shape index (κ1) is 18.8. The van der Waals surface area contributed by atoms with Crippen molar-refractivity contribution in [1.29, 1.82) is 10.5 Å². The van der Waals surface area contributed by atoms with Gasteiger partial charge in [-0.1, -0.05) is 58.4 Å². The fourth-order valence-corrected chi connectivity index (χ4v) is 3.64. The number of carbonyl (C=O) groups excluding carboxylic acids is 1. The highest BCUT2D eigenvalue weighted by Crippen LogP contribution is 2.37. The first-order valence-electron chi connectivity index (χ1n) is 8.50. The molecule has 2 aromatic rings. The molecule has 1 amide bonds. The van der Waals surface area contributed by atoms with E-state index >= 15 is 0 Å². The molecule has 0 saturated heterocycles. The summed E-state index contributed by atoms with van der Waals surface area (Å²) in [6, 6.07) is 21.1. The van der Waals surface area contributed by atoms with Crippen molar-refractivity contribution in [2.45, 2.75) is 19.4 Å². The highest BCUT2D eigenvalue weighted by molar-refractivity contribution is 9.10. The van der Waals surface area contributed by atoms with Gasteiger partial charge in [-0.05, 0) is 30.2 Å². The zero-order valence-corrected chi connectivity index (χ0v) is 16.3. The number of hydrazone groups is 1. The lowest BCUT2D eigenvalue weighted by molar-refractivity contribution is -0.133. The van der Waals surface area contributed by atoms with Gasteiger partial charge in [-0.15, -0.1) is 0 Å². The predicted molar refractivity (Wildman–Crippen MR) is 105 cm³/mol. The summed E-state index contributed by atoms with van der Waals surface area (Å²) in [5.41, 5.74) is 2.38. The summed E-state index contributed by atoms with van der Waals surface area (Å²) in [7, 11) is 0. The van der Waals surface area contributed by atoms with E-state index in [1.165, 1.54) is 5.01 Å². The average molecular weight is 421 g/mol. The molecule has 0 saturated carbocycles. The third kappa shape index (κ3) is 3.92. The van der Waals surface area contributed by atoms with Crippen molar-refractivity contribution in [1.82, 2.24) is 5.01 Å². The number of amides is 1. The lowest BCUT2D eigenvalue weighted by Gasteiger charge is -2.24. The van der Waals surface area contributed by atoms with E-state index in [1.54, 1.807) is 6.92 Å². The molecule has 2 atom stereocenters. The summed E-state index contributed by atoms with van der Waals surface area (Å²) in [5.74, 6) is -2.31. The molecular formula is C21H17BrN4O. The van der Waals surface area contributed by atoms with Gasteiger partial charge >= 0.3 is 0 Å². The molecule has 1 aliphatic heterocycles. The third-order valence-electron chi connectivity index (χ3n) is 4.68. The molecule has 6 heteroatoms. The third-order valence-corrected chi connectivity index (χ3v) is 5.20. The highest BCUT2D eigenvalue weighted by Gasteiger charge is 2.43. The van der Waals surface area contributed by atoms with Gasteiger partial charge in [-0.25, -0.2) is 5.01 Å². The van der Waals surface area contributed by atoms with Crippen LogP contribution in [0.4, 0.5) is 0 Å². The van der Waals surface area contributed by atoms with Crippen LogP contribution in [0.25, 0.3) is 0 Å². The molecule has 5 nitrogen and oxygen atoms in total. The van der Waals surface area contributed by atoms with E-state index in [-0.39, 0.29) is 5.91 Å². The number of hydrogen-bond acceptors (Lipinski definition) is 4. The Balaban J connectivity index is 1.94. The minimum atomic E-state index is -0.943. The molecule has 2 unspecified atom stereocenters. The summed E-state index contributed by atoms with van der Waals surface area (Å²) in [6.45, 7) is 2.15. The van der Waals surface area contributed by atoms with Gasteiger partial charge in [-0.2, -0.15) is 15.6 Å². The largest absolute Gasteiger partial charge is 0.272 e. The zero-order chi connectivity index (χ0) is 19.4. The molecule has 134 valence electrons. The number of hydrogen-bond donors (Lipinski definition) is 0. The Labute approximate surface area is 166 Å². The summed E-state index contributed by atoms with van der Waals surface area (Å²) < 4.78 is 0.893. The highest BCUT2D eigenvalue weighted by atomic mass is 79.9. The van der Waals surface area contributed by atoms with Gasteiger partial charge in [0, 0.05) is 16.1 Å². The number of halogens is 1. The Morgan fingerprint density at radius 3 is 2.33 bits per heavy atom. The van der Waals surface area contributed by atoms with Crippen molar-refractivity contribution in [3.63, 3.8) is 0 Å². The van der Waals surface area contributed by atoms with Crippen LogP contribution in [0, 0.1) is 34.5 Å². The van der Waals surface area contributed by atoms with Crippen molar-refractivity contribution in [3.05, 3.63) is 70.2 Å². The van der Waals surface area contributed by atoms with Crippen molar-refractivity contribution in [2.24, 2.45) is 16.9 Å². The lowest BCUT2D eigenvalue weighted by atomic mass is 9.76. The van der Waals surface area contributed by atoms with Crippen LogP contribution in [0.5, 0.6) is 0 Å². The number of benzene rings is 2.